The van der Waals surface area contributed by atoms with Crippen LogP contribution in [0.5, 0.6) is 0 Å². The number of carbonyl (C=O) groups excluding carboxylic acids is 1. The first-order valence-corrected chi connectivity index (χ1v) is 8.98. The van der Waals surface area contributed by atoms with Gasteiger partial charge in [-0.05, 0) is 24.8 Å². The van der Waals surface area contributed by atoms with E-state index in [1.54, 1.807) is 18.7 Å². The first-order chi connectivity index (χ1) is 12.1. The minimum Gasteiger partial charge on any atom is -0.349 e. The van der Waals surface area contributed by atoms with Crippen molar-refractivity contribution in [3.63, 3.8) is 0 Å². The van der Waals surface area contributed by atoms with Crippen molar-refractivity contribution in [1.29, 1.82) is 0 Å². The molecule has 0 aromatic carbocycles. The average molecular weight is 337 g/mol. The molecule has 1 saturated heterocycles. The molecule has 1 amide bonds. The fourth-order valence-electron chi connectivity index (χ4n) is 3.81. The third kappa shape index (κ3) is 2.97. The number of nitrogens with zero attached hydrogens (tertiary/aromatic N) is 4. The van der Waals surface area contributed by atoms with Gasteiger partial charge in [0.2, 0.25) is 5.91 Å². The molecule has 6 nitrogen and oxygen atoms in total. The number of hydrogen-bond donors (Lipinski definition) is 1. The number of amides is 1. The first-order valence-electron chi connectivity index (χ1n) is 8.98. The summed E-state index contributed by atoms with van der Waals surface area (Å²) in [7, 11) is 0. The topological polar surface area (TPSA) is 74.8 Å². The summed E-state index contributed by atoms with van der Waals surface area (Å²) in [6.07, 6.45) is 8.02. The van der Waals surface area contributed by atoms with Gasteiger partial charge in [0.1, 0.15) is 0 Å². The van der Waals surface area contributed by atoms with E-state index in [9.17, 15) is 4.79 Å². The van der Waals surface area contributed by atoms with E-state index in [0.29, 0.717) is 12.3 Å². The largest absolute Gasteiger partial charge is 0.349 e. The summed E-state index contributed by atoms with van der Waals surface area (Å²) in [5, 5.41) is 2.12. The van der Waals surface area contributed by atoms with Gasteiger partial charge in [0.05, 0.1) is 18.0 Å². The van der Waals surface area contributed by atoms with E-state index < -0.39 is 0 Å². The van der Waals surface area contributed by atoms with Gasteiger partial charge >= 0.3 is 0 Å². The molecule has 1 atom stereocenters. The summed E-state index contributed by atoms with van der Waals surface area (Å²) in [5.41, 5.74) is 2.77. The van der Waals surface area contributed by atoms with Crippen LogP contribution in [0, 0.1) is 5.92 Å². The highest BCUT2D eigenvalue weighted by Gasteiger charge is 2.27. The van der Waals surface area contributed by atoms with Crippen LogP contribution in [0.3, 0.4) is 0 Å². The van der Waals surface area contributed by atoms with Crippen LogP contribution in [0.2, 0.25) is 0 Å². The lowest BCUT2D eigenvalue weighted by Gasteiger charge is -2.33. The van der Waals surface area contributed by atoms with E-state index in [-0.39, 0.29) is 11.8 Å². The summed E-state index contributed by atoms with van der Waals surface area (Å²) in [4.78, 5) is 31.0. The molecule has 4 rings (SSSR count). The quantitative estimate of drug-likeness (QED) is 0.796. The van der Waals surface area contributed by atoms with Crippen molar-refractivity contribution in [3.8, 4) is 0 Å². The number of pyridine rings is 1. The van der Waals surface area contributed by atoms with E-state index >= 15 is 0 Å². The number of fused-ring (bicyclic) bond motifs is 3. The van der Waals surface area contributed by atoms with Crippen molar-refractivity contribution in [2.75, 3.05) is 13.1 Å². The van der Waals surface area contributed by atoms with Crippen LogP contribution in [0.15, 0.2) is 24.8 Å². The zero-order valence-corrected chi connectivity index (χ0v) is 14.7. The van der Waals surface area contributed by atoms with Crippen LogP contribution in [-0.4, -0.2) is 43.8 Å². The molecular weight excluding hydrogens is 314 g/mol. The highest BCUT2D eigenvalue weighted by molar-refractivity contribution is 6.04. The van der Waals surface area contributed by atoms with Crippen LogP contribution < -0.4 is 0 Å². The Labute approximate surface area is 146 Å². The molecule has 1 fully saturated rings. The van der Waals surface area contributed by atoms with E-state index in [1.165, 1.54) is 0 Å². The summed E-state index contributed by atoms with van der Waals surface area (Å²) in [6, 6.07) is 1.99. The van der Waals surface area contributed by atoms with Crippen molar-refractivity contribution < 1.29 is 4.79 Å². The lowest BCUT2D eigenvalue weighted by atomic mass is 9.91. The Bertz CT molecular complexity index is 916. The minimum absolute atomic E-state index is 0.264. The number of H-pyrrole nitrogens is 1. The number of rotatable bonds is 3. The van der Waals surface area contributed by atoms with Crippen LogP contribution in [0.25, 0.3) is 21.9 Å². The number of aromatic amines is 1. The normalized spacial score (nSPS) is 18.4. The number of nitrogens with one attached hydrogen (secondary N) is 1. The Morgan fingerprint density at radius 1 is 1.36 bits per heavy atom. The molecule has 25 heavy (non-hydrogen) atoms. The molecule has 3 aromatic heterocycles. The first kappa shape index (κ1) is 16.0. The zero-order chi connectivity index (χ0) is 17.4. The number of aromatic nitrogens is 4. The number of hydrogen-bond acceptors (Lipinski definition) is 4. The van der Waals surface area contributed by atoms with E-state index in [0.717, 1.165) is 53.6 Å². The van der Waals surface area contributed by atoms with E-state index in [4.69, 9.17) is 0 Å². The van der Waals surface area contributed by atoms with E-state index in [1.807, 2.05) is 11.0 Å². The molecule has 0 bridgehead atoms. The lowest BCUT2D eigenvalue weighted by Crippen LogP contribution is -2.39. The number of likely N-dealkylation sites (tertiary alicyclic amines) is 1. The van der Waals surface area contributed by atoms with Gasteiger partial charge in [-0.3, -0.25) is 4.79 Å². The van der Waals surface area contributed by atoms with E-state index in [2.05, 4.69) is 33.8 Å². The van der Waals surface area contributed by atoms with Gasteiger partial charge in [0.25, 0.3) is 0 Å². The standard InChI is InChI=1S/C19H23N5O/c1-12(2)8-16(25)24-7-3-4-13(10-24)18-17-14-5-6-20-19(14)21-9-15(17)22-11-23-18/h5-6,9,11-13H,3-4,7-8,10H2,1-2H3,(H,22,23). The van der Waals surface area contributed by atoms with Crippen LogP contribution in [0.1, 0.15) is 44.7 Å². The van der Waals surface area contributed by atoms with Crippen molar-refractivity contribution in [2.45, 2.75) is 39.0 Å². The Morgan fingerprint density at radius 3 is 3.08 bits per heavy atom. The third-order valence-electron chi connectivity index (χ3n) is 4.97. The maximum Gasteiger partial charge on any atom is 0.222 e. The molecule has 1 unspecified atom stereocenters. The van der Waals surface area contributed by atoms with Gasteiger partial charge in [-0.1, -0.05) is 13.8 Å². The molecule has 1 aliphatic heterocycles. The van der Waals surface area contributed by atoms with Crippen molar-refractivity contribution in [1.82, 2.24) is 24.8 Å². The van der Waals surface area contributed by atoms with Crippen molar-refractivity contribution >= 4 is 27.8 Å². The summed E-state index contributed by atoms with van der Waals surface area (Å²) >= 11 is 0. The molecule has 0 spiro atoms. The second kappa shape index (κ2) is 6.43. The Kier molecular flexibility index (Phi) is 4.11. The molecule has 3 aromatic rings. The van der Waals surface area contributed by atoms with Crippen LogP contribution in [0.4, 0.5) is 0 Å². The fourth-order valence-corrected chi connectivity index (χ4v) is 3.81. The molecule has 4 heterocycles. The van der Waals surface area contributed by atoms with Crippen LogP contribution >= 0.6 is 0 Å². The second-order valence-electron chi connectivity index (χ2n) is 7.29. The van der Waals surface area contributed by atoms with Crippen LogP contribution in [-0.2, 0) is 4.79 Å². The molecule has 1 N–H and O–H groups in total. The Hall–Kier alpha value is -2.50. The zero-order valence-electron chi connectivity index (χ0n) is 14.7. The molecule has 0 radical (unpaired) electrons. The average Bonchev–Trinajstić information content (AvgIpc) is 3.09. The second-order valence-corrected chi connectivity index (χ2v) is 7.29. The number of piperidine rings is 1. The smallest absolute Gasteiger partial charge is 0.222 e. The summed E-state index contributed by atoms with van der Waals surface area (Å²) < 4.78 is 0. The lowest BCUT2D eigenvalue weighted by molar-refractivity contribution is -0.133. The molecule has 1 aliphatic rings. The molecule has 0 aliphatic carbocycles. The fraction of sp³-hybridized carbons (Fsp3) is 0.474. The summed E-state index contributed by atoms with van der Waals surface area (Å²) in [5.74, 6) is 0.943. The Balaban J connectivity index is 1.71. The van der Waals surface area contributed by atoms with Crippen molar-refractivity contribution in [3.05, 3.63) is 30.5 Å². The maximum atomic E-state index is 12.5. The molecule has 6 heteroatoms. The van der Waals surface area contributed by atoms with Gasteiger partial charge in [0, 0.05) is 48.1 Å². The summed E-state index contributed by atoms with van der Waals surface area (Å²) in [6.45, 7) is 5.81. The monoisotopic (exact) mass is 337 g/mol. The molecule has 0 saturated carbocycles. The Morgan fingerprint density at radius 2 is 2.24 bits per heavy atom. The highest BCUT2D eigenvalue weighted by atomic mass is 16.2. The maximum absolute atomic E-state index is 12.5. The van der Waals surface area contributed by atoms with Crippen molar-refractivity contribution in [2.24, 2.45) is 5.92 Å². The van der Waals surface area contributed by atoms with Gasteiger partial charge in [-0.15, -0.1) is 0 Å². The minimum atomic E-state index is 0.264. The van der Waals surface area contributed by atoms with Gasteiger partial charge < -0.3 is 9.88 Å². The van der Waals surface area contributed by atoms with Gasteiger partial charge in [0.15, 0.2) is 5.65 Å². The third-order valence-corrected chi connectivity index (χ3v) is 4.97. The number of carbonyl (C=O) groups is 1. The predicted molar refractivity (Wildman–Crippen MR) is 97.2 cm³/mol. The predicted octanol–water partition coefficient (Wildman–Crippen LogP) is 3.26. The highest BCUT2D eigenvalue weighted by Crippen LogP contribution is 2.33. The van der Waals surface area contributed by atoms with Gasteiger partial charge in [-0.2, -0.15) is 0 Å². The van der Waals surface area contributed by atoms with Gasteiger partial charge in [-0.25, -0.2) is 15.0 Å². The molecule has 130 valence electrons. The SMILES string of the molecule is CC(C)CC(=O)N1CCCC(c2[nH]cnc3cnc4nccc4c23)C1. The molecular formula is C19H23N5O.